The van der Waals surface area contributed by atoms with Crippen LogP contribution in [0, 0.1) is 5.92 Å². The number of aromatic nitrogens is 3. The summed E-state index contributed by atoms with van der Waals surface area (Å²) in [5, 5.41) is 18.4. The first-order valence-corrected chi connectivity index (χ1v) is 8.44. The van der Waals surface area contributed by atoms with Gasteiger partial charge in [0.25, 0.3) is 0 Å². The summed E-state index contributed by atoms with van der Waals surface area (Å²) in [5.74, 6) is 0.401. The number of amides is 1. The molecule has 22 heavy (non-hydrogen) atoms. The van der Waals surface area contributed by atoms with Gasteiger partial charge in [0.15, 0.2) is 0 Å². The number of aliphatic hydroxyl groups is 1. The lowest BCUT2D eigenvalue weighted by atomic mass is 9.72. The highest BCUT2D eigenvalue weighted by molar-refractivity contribution is 5.76. The van der Waals surface area contributed by atoms with Gasteiger partial charge in [-0.2, -0.15) is 0 Å². The Balaban J connectivity index is 1.63. The van der Waals surface area contributed by atoms with Gasteiger partial charge in [-0.25, -0.2) is 0 Å². The van der Waals surface area contributed by atoms with Crippen LogP contribution in [0.5, 0.6) is 0 Å². The zero-order chi connectivity index (χ0) is 15.6. The predicted octanol–water partition coefficient (Wildman–Crippen LogP) is 1.60. The normalized spacial score (nSPS) is 32.4. The molecule has 2 fully saturated rings. The summed E-state index contributed by atoms with van der Waals surface area (Å²) in [5.41, 5.74) is -0.627. The fourth-order valence-electron chi connectivity index (χ4n) is 4.18. The third-order valence-electron chi connectivity index (χ3n) is 5.36. The van der Waals surface area contributed by atoms with E-state index in [4.69, 9.17) is 0 Å². The summed E-state index contributed by atoms with van der Waals surface area (Å²) in [7, 11) is 0. The molecule has 1 aromatic heterocycles. The maximum atomic E-state index is 12.6. The molecule has 3 rings (SSSR count). The number of hydrogen-bond acceptors (Lipinski definition) is 4. The third kappa shape index (κ3) is 3.16. The highest BCUT2D eigenvalue weighted by atomic mass is 16.3. The summed E-state index contributed by atoms with van der Waals surface area (Å²) >= 11 is 0. The highest BCUT2D eigenvalue weighted by Crippen LogP contribution is 2.40. The molecule has 2 aliphatic rings. The highest BCUT2D eigenvalue weighted by Gasteiger charge is 2.44. The van der Waals surface area contributed by atoms with Crippen molar-refractivity contribution in [2.24, 2.45) is 5.92 Å². The molecule has 1 amide bonds. The number of nitrogens with zero attached hydrogens (tertiary/aromatic N) is 4. The monoisotopic (exact) mass is 306 g/mol. The van der Waals surface area contributed by atoms with Gasteiger partial charge in [0, 0.05) is 31.1 Å². The second-order valence-electron chi connectivity index (χ2n) is 6.92. The van der Waals surface area contributed by atoms with E-state index in [9.17, 15) is 9.90 Å². The van der Waals surface area contributed by atoms with Crippen LogP contribution in [0.3, 0.4) is 0 Å². The lowest BCUT2D eigenvalue weighted by molar-refractivity contribution is -0.136. The van der Waals surface area contributed by atoms with Gasteiger partial charge in [0.2, 0.25) is 5.91 Å². The fraction of sp³-hybridized carbons (Fsp3) is 0.812. The molecule has 1 aliphatic heterocycles. The zero-order valence-corrected chi connectivity index (χ0v) is 13.3. The average molecular weight is 306 g/mol. The lowest BCUT2D eigenvalue weighted by Crippen LogP contribution is -2.50. The molecule has 1 aliphatic carbocycles. The first-order chi connectivity index (χ1) is 10.6. The first kappa shape index (κ1) is 15.5. The zero-order valence-electron chi connectivity index (χ0n) is 13.3. The molecule has 3 atom stereocenters. The van der Waals surface area contributed by atoms with Gasteiger partial charge < -0.3 is 10.0 Å². The van der Waals surface area contributed by atoms with Gasteiger partial charge in [-0.15, -0.1) is 5.10 Å². The third-order valence-corrected chi connectivity index (χ3v) is 5.36. The van der Waals surface area contributed by atoms with Gasteiger partial charge in [0.1, 0.15) is 0 Å². The standard InChI is InChI=1S/C16H26N4O2/c1-16(22)8-3-2-5-13(16)14-6-4-10-20(14)15(21)7-11-19-12-9-17-18-19/h9,12-14,22H,2-8,10-11H2,1H3/t13-,14-,16+/m1/s1. The Morgan fingerprint density at radius 2 is 2.23 bits per heavy atom. The molecule has 0 unspecified atom stereocenters. The Hall–Kier alpha value is -1.43. The second kappa shape index (κ2) is 6.36. The average Bonchev–Trinajstić information content (AvgIpc) is 3.15. The van der Waals surface area contributed by atoms with E-state index in [0.717, 1.165) is 45.1 Å². The quantitative estimate of drug-likeness (QED) is 0.917. The largest absolute Gasteiger partial charge is 0.390 e. The van der Waals surface area contributed by atoms with Crippen molar-refractivity contribution < 1.29 is 9.90 Å². The minimum atomic E-state index is -0.627. The van der Waals surface area contributed by atoms with Crippen molar-refractivity contribution in [1.29, 1.82) is 0 Å². The molecule has 0 radical (unpaired) electrons. The van der Waals surface area contributed by atoms with Crippen LogP contribution in [0.25, 0.3) is 0 Å². The van der Waals surface area contributed by atoms with Crippen LogP contribution in [-0.4, -0.2) is 49.1 Å². The number of carbonyl (C=O) groups is 1. The Bertz CT molecular complexity index is 500. The predicted molar refractivity (Wildman–Crippen MR) is 82.0 cm³/mol. The van der Waals surface area contributed by atoms with E-state index in [-0.39, 0.29) is 17.9 Å². The van der Waals surface area contributed by atoms with E-state index in [1.54, 1.807) is 17.1 Å². The van der Waals surface area contributed by atoms with Gasteiger partial charge in [-0.1, -0.05) is 18.1 Å². The lowest BCUT2D eigenvalue weighted by Gasteiger charge is -2.43. The fourth-order valence-corrected chi connectivity index (χ4v) is 4.18. The molecule has 1 aromatic rings. The van der Waals surface area contributed by atoms with Crippen molar-refractivity contribution in [2.45, 2.75) is 70.1 Å². The van der Waals surface area contributed by atoms with E-state index < -0.39 is 5.60 Å². The summed E-state index contributed by atoms with van der Waals surface area (Å²) in [4.78, 5) is 14.6. The smallest absolute Gasteiger partial charge is 0.224 e. The number of hydrogen-bond donors (Lipinski definition) is 1. The number of likely N-dealkylation sites (tertiary alicyclic amines) is 1. The van der Waals surface area contributed by atoms with Crippen molar-refractivity contribution in [3.05, 3.63) is 12.4 Å². The van der Waals surface area contributed by atoms with Crippen molar-refractivity contribution in [1.82, 2.24) is 19.9 Å². The molecular formula is C16H26N4O2. The van der Waals surface area contributed by atoms with Gasteiger partial charge in [0.05, 0.1) is 18.3 Å². The topological polar surface area (TPSA) is 71.2 Å². The summed E-state index contributed by atoms with van der Waals surface area (Å²) in [6, 6.07) is 0.207. The maximum Gasteiger partial charge on any atom is 0.224 e. The van der Waals surface area contributed by atoms with Crippen molar-refractivity contribution in [2.75, 3.05) is 6.54 Å². The molecule has 6 nitrogen and oxygen atoms in total. The molecule has 0 spiro atoms. The van der Waals surface area contributed by atoms with Gasteiger partial charge in [-0.3, -0.25) is 9.48 Å². The molecular weight excluding hydrogens is 280 g/mol. The van der Waals surface area contributed by atoms with Crippen LogP contribution in [-0.2, 0) is 11.3 Å². The van der Waals surface area contributed by atoms with Gasteiger partial charge >= 0.3 is 0 Å². The summed E-state index contributed by atoms with van der Waals surface area (Å²) in [6.07, 6.45) is 10.1. The summed E-state index contributed by atoms with van der Waals surface area (Å²) in [6.45, 7) is 3.35. The molecule has 2 heterocycles. The number of rotatable bonds is 4. The molecule has 122 valence electrons. The number of aryl methyl sites for hydroxylation is 1. The van der Waals surface area contributed by atoms with Crippen LogP contribution in [0.1, 0.15) is 51.9 Å². The van der Waals surface area contributed by atoms with Crippen LogP contribution in [0.4, 0.5) is 0 Å². The Labute approximate surface area is 131 Å². The Morgan fingerprint density at radius 1 is 1.36 bits per heavy atom. The second-order valence-corrected chi connectivity index (χ2v) is 6.92. The van der Waals surface area contributed by atoms with E-state index >= 15 is 0 Å². The summed E-state index contributed by atoms with van der Waals surface area (Å²) < 4.78 is 1.69. The van der Waals surface area contributed by atoms with E-state index in [0.29, 0.717) is 13.0 Å². The molecule has 0 aromatic carbocycles. The minimum absolute atomic E-state index is 0.180. The maximum absolute atomic E-state index is 12.6. The van der Waals surface area contributed by atoms with E-state index in [1.807, 2.05) is 11.8 Å². The number of carbonyl (C=O) groups excluding carboxylic acids is 1. The van der Waals surface area contributed by atoms with Crippen LogP contribution in [0.15, 0.2) is 12.4 Å². The van der Waals surface area contributed by atoms with Gasteiger partial charge in [-0.05, 0) is 32.6 Å². The van der Waals surface area contributed by atoms with Crippen molar-refractivity contribution >= 4 is 5.91 Å². The Kier molecular flexibility index (Phi) is 4.47. The molecule has 0 bridgehead atoms. The molecule has 1 N–H and O–H groups in total. The van der Waals surface area contributed by atoms with E-state index in [1.165, 1.54) is 0 Å². The first-order valence-electron chi connectivity index (χ1n) is 8.44. The van der Waals surface area contributed by atoms with Crippen molar-refractivity contribution in [3.8, 4) is 0 Å². The Morgan fingerprint density at radius 3 is 2.95 bits per heavy atom. The van der Waals surface area contributed by atoms with Crippen LogP contribution >= 0.6 is 0 Å². The van der Waals surface area contributed by atoms with E-state index in [2.05, 4.69) is 10.3 Å². The van der Waals surface area contributed by atoms with Crippen molar-refractivity contribution in [3.63, 3.8) is 0 Å². The molecule has 1 saturated heterocycles. The molecule has 6 heteroatoms. The van der Waals surface area contributed by atoms with Crippen LogP contribution in [0.2, 0.25) is 0 Å². The van der Waals surface area contributed by atoms with Crippen LogP contribution < -0.4 is 0 Å². The molecule has 1 saturated carbocycles. The minimum Gasteiger partial charge on any atom is -0.390 e. The SMILES string of the molecule is C[C@]1(O)CCCC[C@@H]1[C@H]1CCCN1C(=O)CCn1ccnn1.